The number of rotatable bonds is 1. The summed E-state index contributed by atoms with van der Waals surface area (Å²) in [7, 11) is 0. The Kier molecular flexibility index (Phi) is 2.83. The van der Waals surface area contributed by atoms with E-state index < -0.39 is 0 Å². The van der Waals surface area contributed by atoms with Crippen molar-refractivity contribution in [1.82, 2.24) is 10.6 Å². The van der Waals surface area contributed by atoms with Crippen molar-refractivity contribution < 1.29 is 4.79 Å². The van der Waals surface area contributed by atoms with Crippen molar-refractivity contribution >= 4 is 11.9 Å². The normalized spacial score (nSPS) is 22.3. The zero-order chi connectivity index (χ0) is 10.9. The molecule has 1 heterocycles. The van der Waals surface area contributed by atoms with Gasteiger partial charge in [0.05, 0.1) is 0 Å². The first-order valence-electron chi connectivity index (χ1n) is 4.96. The van der Waals surface area contributed by atoms with Gasteiger partial charge in [0.15, 0.2) is 5.96 Å². The van der Waals surface area contributed by atoms with Gasteiger partial charge in [-0.3, -0.25) is 10.1 Å². The van der Waals surface area contributed by atoms with Crippen LogP contribution in [0.1, 0.15) is 34.6 Å². The van der Waals surface area contributed by atoms with Gasteiger partial charge in [-0.05, 0) is 19.3 Å². The Hall–Kier alpha value is -1.06. The molecule has 1 aliphatic heterocycles. The first-order chi connectivity index (χ1) is 6.30. The Balaban J connectivity index is 2.72. The highest BCUT2D eigenvalue weighted by Gasteiger charge is 2.36. The van der Waals surface area contributed by atoms with Crippen molar-refractivity contribution in [3.05, 3.63) is 0 Å². The number of aliphatic imine (C=N–C) groups is 1. The van der Waals surface area contributed by atoms with Crippen LogP contribution in [0, 0.1) is 5.41 Å². The first-order valence-corrected chi connectivity index (χ1v) is 4.96. The van der Waals surface area contributed by atoms with Crippen molar-refractivity contribution in [1.29, 1.82) is 0 Å². The summed E-state index contributed by atoms with van der Waals surface area (Å²) in [4.78, 5) is 15.9. The van der Waals surface area contributed by atoms with Gasteiger partial charge in [-0.1, -0.05) is 20.8 Å². The maximum Gasteiger partial charge on any atom is 0.252 e. The third kappa shape index (κ3) is 2.47. The molecule has 14 heavy (non-hydrogen) atoms. The highest BCUT2D eigenvalue weighted by Crippen LogP contribution is 2.24. The minimum atomic E-state index is -0.274. The molecule has 1 amide bonds. The Bertz CT molecular complexity index is 263. The SMILES string of the molecule is CC(C)NC1=NC(C(C)(C)C)C(=O)N1. The van der Waals surface area contributed by atoms with Gasteiger partial charge in [0.2, 0.25) is 0 Å². The van der Waals surface area contributed by atoms with Crippen molar-refractivity contribution in [3.63, 3.8) is 0 Å². The number of carbonyl (C=O) groups is 1. The maximum absolute atomic E-state index is 11.5. The van der Waals surface area contributed by atoms with Crippen LogP contribution in [0.15, 0.2) is 4.99 Å². The molecule has 0 bridgehead atoms. The Labute approximate surface area is 85.2 Å². The molecule has 0 aliphatic carbocycles. The van der Waals surface area contributed by atoms with Gasteiger partial charge < -0.3 is 5.32 Å². The van der Waals surface area contributed by atoms with Crippen LogP contribution in [-0.4, -0.2) is 24.0 Å². The summed E-state index contributed by atoms with van der Waals surface area (Å²) in [6, 6.07) is 0.0107. The monoisotopic (exact) mass is 197 g/mol. The van der Waals surface area contributed by atoms with Crippen molar-refractivity contribution in [2.75, 3.05) is 0 Å². The van der Waals surface area contributed by atoms with Crippen LogP contribution in [0.25, 0.3) is 0 Å². The van der Waals surface area contributed by atoms with Crippen molar-refractivity contribution in [2.24, 2.45) is 10.4 Å². The Morgan fingerprint density at radius 1 is 1.43 bits per heavy atom. The molecule has 4 heteroatoms. The molecule has 4 nitrogen and oxygen atoms in total. The highest BCUT2D eigenvalue weighted by molar-refractivity contribution is 6.05. The predicted molar refractivity (Wildman–Crippen MR) is 57.1 cm³/mol. The molecule has 0 spiro atoms. The van der Waals surface area contributed by atoms with E-state index >= 15 is 0 Å². The molecule has 0 radical (unpaired) electrons. The molecule has 0 saturated carbocycles. The predicted octanol–water partition coefficient (Wildman–Crippen LogP) is 0.885. The van der Waals surface area contributed by atoms with E-state index in [2.05, 4.69) is 15.6 Å². The summed E-state index contributed by atoms with van der Waals surface area (Å²) in [5, 5.41) is 5.83. The second-order valence-corrected chi connectivity index (χ2v) is 5.03. The molecule has 80 valence electrons. The third-order valence-corrected chi connectivity index (χ3v) is 1.99. The van der Waals surface area contributed by atoms with Crippen LogP contribution in [0.5, 0.6) is 0 Å². The largest absolute Gasteiger partial charge is 0.354 e. The van der Waals surface area contributed by atoms with Gasteiger partial charge in [-0.2, -0.15) is 0 Å². The van der Waals surface area contributed by atoms with Crippen LogP contribution in [-0.2, 0) is 4.79 Å². The van der Waals surface area contributed by atoms with Crippen LogP contribution in [0.3, 0.4) is 0 Å². The molecule has 0 saturated heterocycles. The van der Waals surface area contributed by atoms with E-state index in [1.807, 2.05) is 34.6 Å². The molecule has 0 aromatic heterocycles. The third-order valence-electron chi connectivity index (χ3n) is 1.99. The standard InChI is InChI=1S/C10H19N3O/c1-6(2)11-9-12-7(8(14)13-9)10(3,4)5/h6-7H,1-5H3,(H2,11,12,13,14). The molecular formula is C10H19N3O. The average Bonchev–Trinajstić information content (AvgIpc) is 2.27. The second kappa shape index (κ2) is 3.59. The van der Waals surface area contributed by atoms with E-state index in [1.54, 1.807) is 0 Å². The van der Waals surface area contributed by atoms with Crippen LogP contribution >= 0.6 is 0 Å². The maximum atomic E-state index is 11.5. The number of amides is 1. The summed E-state index contributed by atoms with van der Waals surface area (Å²) in [6.45, 7) is 10.1. The van der Waals surface area contributed by atoms with E-state index in [0.717, 1.165) is 0 Å². The number of hydrogen-bond donors (Lipinski definition) is 2. The Morgan fingerprint density at radius 3 is 2.36 bits per heavy atom. The van der Waals surface area contributed by atoms with E-state index in [-0.39, 0.29) is 23.4 Å². The summed E-state index contributed by atoms with van der Waals surface area (Å²) < 4.78 is 0. The topological polar surface area (TPSA) is 53.5 Å². The fourth-order valence-corrected chi connectivity index (χ4v) is 1.34. The highest BCUT2D eigenvalue weighted by atomic mass is 16.2. The van der Waals surface area contributed by atoms with Gasteiger partial charge in [0, 0.05) is 6.04 Å². The van der Waals surface area contributed by atoms with E-state index in [1.165, 1.54) is 0 Å². The van der Waals surface area contributed by atoms with Gasteiger partial charge in [0.25, 0.3) is 5.91 Å². The molecule has 1 unspecified atom stereocenters. The molecule has 1 atom stereocenters. The van der Waals surface area contributed by atoms with Gasteiger partial charge in [-0.25, -0.2) is 4.99 Å². The fraction of sp³-hybridized carbons (Fsp3) is 0.800. The van der Waals surface area contributed by atoms with E-state index in [4.69, 9.17) is 0 Å². The fourth-order valence-electron chi connectivity index (χ4n) is 1.34. The molecule has 0 aromatic carbocycles. The first kappa shape index (κ1) is 11.0. The lowest BCUT2D eigenvalue weighted by Crippen LogP contribution is -2.41. The number of carbonyl (C=O) groups excluding carboxylic acids is 1. The smallest absolute Gasteiger partial charge is 0.252 e. The zero-order valence-electron chi connectivity index (χ0n) is 9.51. The zero-order valence-corrected chi connectivity index (χ0v) is 9.51. The molecule has 1 aliphatic rings. The second-order valence-electron chi connectivity index (χ2n) is 5.03. The van der Waals surface area contributed by atoms with Gasteiger partial charge in [0.1, 0.15) is 6.04 Å². The minimum absolute atomic E-state index is 0.0133. The number of guanidine groups is 1. The summed E-state index contributed by atoms with van der Waals surface area (Å²) in [5.74, 6) is 0.588. The summed E-state index contributed by atoms with van der Waals surface area (Å²) in [6.07, 6.45) is 0. The molecular weight excluding hydrogens is 178 g/mol. The van der Waals surface area contributed by atoms with Crippen molar-refractivity contribution in [3.8, 4) is 0 Å². The number of hydrogen-bond acceptors (Lipinski definition) is 3. The quantitative estimate of drug-likeness (QED) is 0.656. The molecule has 2 N–H and O–H groups in total. The minimum Gasteiger partial charge on any atom is -0.354 e. The van der Waals surface area contributed by atoms with Gasteiger partial charge in [-0.15, -0.1) is 0 Å². The van der Waals surface area contributed by atoms with E-state index in [0.29, 0.717) is 5.96 Å². The average molecular weight is 197 g/mol. The Morgan fingerprint density at radius 2 is 2.00 bits per heavy atom. The van der Waals surface area contributed by atoms with Gasteiger partial charge >= 0.3 is 0 Å². The number of nitrogens with one attached hydrogen (secondary N) is 2. The molecule has 0 aromatic rings. The van der Waals surface area contributed by atoms with Crippen molar-refractivity contribution in [2.45, 2.75) is 46.7 Å². The lowest BCUT2D eigenvalue weighted by atomic mass is 9.87. The lowest BCUT2D eigenvalue weighted by Gasteiger charge is -2.21. The lowest BCUT2D eigenvalue weighted by molar-refractivity contribution is -0.122. The number of nitrogens with zero attached hydrogens (tertiary/aromatic N) is 1. The molecule has 0 fully saturated rings. The van der Waals surface area contributed by atoms with Crippen LogP contribution in [0.4, 0.5) is 0 Å². The van der Waals surface area contributed by atoms with E-state index in [9.17, 15) is 4.79 Å². The summed E-state index contributed by atoms with van der Waals surface area (Å²) in [5.41, 5.74) is -0.121. The molecule has 1 rings (SSSR count). The van der Waals surface area contributed by atoms with Crippen LogP contribution < -0.4 is 10.6 Å². The van der Waals surface area contributed by atoms with Crippen LogP contribution in [0.2, 0.25) is 0 Å². The summed E-state index contributed by atoms with van der Waals surface area (Å²) >= 11 is 0.